The highest BCUT2D eigenvalue weighted by Gasteiger charge is 2.34. The van der Waals surface area contributed by atoms with Crippen LogP contribution in [0.25, 0.3) is 11.3 Å². The quantitative estimate of drug-likeness (QED) is 0.800. The number of piperidine rings is 1. The van der Waals surface area contributed by atoms with Crippen LogP contribution in [0.3, 0.4) is 0 Å². The Labute approximate surface area is 141 Å². The molecule has 2 aromatic rings. The molecule has 4 nitrogen and oxygen atoms in total. The molecule has 3 rings (SSSR count). The van der Waals surface area contributed by atoms with Gasteiger partial charge in [0.2, 0.25) is 0 Å². The maximum atomic E-state index is 13.2. The molecule has 0 saturated carbocycles. The first-order valence-electron chi connectivity index (χ1n) is 8.04. The number of hydrogen-bond acceptors (Lipinski definition) is 3. The molecule has 2 heterocycles. The predicted octanol–water partition coefficient (Wildman–Crippen LogP) is 4.71. The second-order valence-corrected chi connectivity index (χ2v) is 6.69. The van der Waals surface area contributed by atoms with Gasteiger partial charge in [-0.1, -0.05) is 35.0 Å². The molecular formula is C18H21ClN2O2. The lowest BCUT2D eigenvalue weighted by molar-refractivity contribution is 0.0509. The second-order valence-electron chi connectivity index (χ2n) is 6.28. The van der Waals surface area contributed by atoms with Crippen LogP contribution in [0, 0.1) is 6.92 Å². The summed E-state index contributed by atoms with van der Waals surface area (Å²) in [6.45, 7) is 5.98. The SMILES string of the molecule is Cc1onc(-c2ccccc2Cl)c1C(=O)N1[C@H](C)CCC[C@@H]1C. The largest absolute Gasteiger partial charge is 0.360 e. The molecule has 1 amide bonds. The third-order valence-corrected chi connectivity index (χ3v) is 4.96. The van der Waals surface area contributed by atoms with Crippen molar-refractivity contribution in [3.8, 4) is 11.3 Å². The van der Waals surface area contributed by atoms with Gasteiger partial charge >= 0.3 is 0 Å². The number of hydrogen-bond donors (Lipinski definition) is 0. The van der Waals surface area contributed by atoms with E-state index in [4.69, 9.17) is 16.1 Å². The lowest BCUT2D eigenvalue weighted by atomic mass is 9.95. The number of nitrogens with zero attached hydrogens (tertiary/aromatic N) is 2. The summed E-state index contributed by atoms with van der Waals surface area (Å²) in [6.07, 6.45) is 3.22. The van der Waals surface area contributed by atoms with E-state index in [1.807, 2.05) is 23.1 Å². The van der Waals surface area contributed by atoms with Crippen molar-refractivity contribution in [2.45, 2.75) is 52.1 Å². The number of aryl methyl sites for hydroxylation is 1. The number of benzene rings is 1. The Bertz CT molecular complexity index is 716. The molecule has 0 unspecified atom stereocenters. The van der Waals surface area contributed by atoms with E-state index in [0.29, 0.717) is 22.0 Å². The molecular weight excluding hydrogens is 312 g/mol. The van der Waals surface area contributed by atoms with E-state index in [-0.39, 0.29) is 18.0 Å². The summed E-state index contributed by atoms with van der Waals surface area (Å²) >= 11 is 6.28. The van der Waals surface area contributed by atoms with Crippen LogP contribution in [-0.2, 0) is 0 Å². The second kappa shape index (κ2) is 6.36. The molecule has 1 aromatic carbocycles. The Morgan fingerprint density at radius 3 is 2.57 bits per heavy atom. The van der Waals surface area contributed by atoms with Gasteiger partial charge in [0.1, 0.15) is 17.0 Å². The van der Waals surface area contributed by atoms with Gasteiger partial charge in [-0.25, -0.2) is 0 Å². The van der Waals surface area contributed by atoms with Crippen molar-refractivity contribution in [1.29, 1.82) is 0 Å². The Kier molecular flexibility index (Phi) is 4.44. The minimum absolute atomic E-state index is 0.0154. The molecule has 0 aliphatic carbocycles. The fraction of sp³-hybridized carbons (Fsp3) is 0.444. The summed E-state index contributed by atoms with van der Waals surface area (Å²) in [6, 6.07) is 7.83. The number of amides is 1. The third kappa shape index (κ3) is 2.88. The summed E-state index contributed by atoms with van der Waals surface area (Å²) in [4.78, 5) is 15.2. The van der Waals surface area contributed by atoms with Crippen molar-refractivity contribution < 1.29 is 9.32 Å². The van der Waals surface area contributed by atoms with E-state index in [1.165, 1.54) is 0 Å². The average molecular weight is 333 g/mol. The first-order chi connectivity index (χ1) is 11.0. The Balaban J connectivity index is 2.05. The minimum atomic E-state index is -0.0154. The number of halogens is 1. The maximum Gasteiger partial charge on any atom is 0.260 e. The molecule has 0 spiro atoms. The smallest absolute Gasteiger partial charge is 0.260 e. The Hall–Kier alpha value is -1.81. The zero-order valence-corrected chi connectivity index (χ0v) is 14.4. The minimum Gasteiger partial charge on any atom is -0.360 e. The van der Waals surface area contributed by atoms with Gasteiger partial charge < -0.3 is 9.42 Å². The zero-order chi connectivity index (χ0) is 16.6. The van der Waals surface area contributed by atoms with E-state index in [2.05, 4.69) is 19.0 Å². The summed E-state index contributed by atoms with van der Waals surface area (Å²) in [5, 5.41) is 4.67. The summed E-state index contributed by atoms with van der Waals surface area (Å²) in [7, 11) is 0. The predicted molar refractivity (Wildman–Crippen MR) is 90.6 cm³/mol. The first kappa shape index (κ1) is 16.1. The van der Waals surface area contributed by atoms with E-state index >= 15 is 0 Å². The van der Waals surface area contributed by atoms with Gasteiger partial charge in [-0.3, -0.25) is 4.79 Å². The number of carbonyl (C=O) groups is 1. The fourth-order valence-electron chi connectivity index (χ4n) is 3.41. The van der Waals surface area contributed by atoms with Gasteiger partial charge in [0.15, 0.2) is 0 Å². The number of aromatic nitrogens is 1. The number of carbonyl (C=O) groups excluding carboxylic acids is 1. The van der Waals surface area contributed by atoms with Crippen LogP contribution in [0.15, 0.2) is 28.8 Å². The van der Waals surface area contributed by atoms with Crippen LogP contribution in [0.4, 0.5) is 0 Å². The van der Waals surface area contributed by atoms with Crippen LogP contribution in [0.2, 0.25) is 5.02 Å². The highest BCUT2D eigenvalue weighted by molar-refractivity contribution is 6.33. The highest BCUT2D eigenvalue weighted by Crippen LogP contribution is 2.33. The normalized spacial score (nSPS) is 21.5. The van der Waals surface area contributed by atoms with Crippen molar-refractivity contribution in [1.82, 2.24) is 10.1 Å². The summed E-state index contributed by atoms with van der Waals surface area (Å²) < 4.78 is 5.33. The van der Waals surface area contributed by atoms with Crippen LogP contribution < -0.4 is 0 Å². The summed E-state index contributed by atoms with van der Waals surface area (Å²) in [5.74, 6) is 0.522. The van der Waals surface area contributed by atoms with Crippen LogP contribution in [0.1, 0.15) is 49.2 Å². The van der Waals surface area contributed by atoms with E-state index in [1.54, 1.807) is 13.0 Å². The first-order valence-corrected chi connectivity index (χ1v) is 8.42. The van der Waals surface area contributed by atoms with Crippen molar-refractivity contribution in [3.63, 3.8) is 0 Å². The molecule has 0 N–H and O–H groups in total. The van der Waals surface area contributed by atoms with Crippen molar-refractivity contribution >= 4 is 17.5 Å². The van der Waals surface area contributed by atoms with Crippen LogP contribution >= 0.6 is 11.6 Å². The topological polar surface area (TPSA) is 46.3 Å². The maximum absolute atomic E-state index is 13.2. The highest BCUT2D eigenvalue weighted by atomic mass is 35.5. The molecule has 0 radical (unpaired) electrons. The van der Waals surface area contributed by atoms with Gasteiger partial charge in [-0.2, -0.15) is 0 Å². The van der Waals surface area contributed by atoms with Gasteiger partial charge in [0.25, 0.3) is 5.91 Å². The van der Waals surface area contributed by atoms with Crippen molar-refractivity contribution in [2.75, 3.05) is 0 Å². The van der Waals surface area contributed by atoms with Gasteiger partial charge in [-0.05, 0) is 46.1 Å². The third-order valence-electron chi connectivity index (χ3n) is 4.63. The van der Waals surface area contributed by atoms with Crippen molar-refractivity contribution in [2.24, 2.45) is 0 Å². The molecule has 1 saturated heterocycles. The van der Waals surface area contributed by atoms with E-state index < -0.39 is 0 Å². The van der Waals surface area contributed by atoms with Crippen LogP contribution in [0.5, 0.6) is 0 Å². The monoisotopic (exact) mass is 332 g/mol. The molecule has 1 aliphatic rings. The molecule has 122 valence electrons. The lowest BCUT2D eigenvalue weighted by Gasteiger charge is -2.39. The molecule has 1 aromatic heterocycles. The van der Waals surface area contributed by atoms with Gasteiger partial charge in [0, 0.05) is 17.6 Å². The molecule has 5 heteroatoms. The summed E-state index contributed by atoms with van der Waals surface area (Å²) in [5.41, 5.74) is 1.79. The zero-order valence-electron chi connectivity index (χ0n) is 13.7. The Morgan fingerprint density at radius 2 is 1.91 bits per heavy atom. The number of rotatable bonds is 2. The number of likely N-dealkylation sites (tertiary alicyclic amines) is 1. The fourth-order valence-corrected chi connectivity index (χ4v) is 3.64. The molecule has 23 heavy (non-hydrogen) atoms. The van der Waals surface area contributed by atoms with Crippen molar-refractivity contribution in [3.05, 3.63) is 40.6 Å². The molecule has 0 bridgehead atoms. The molecule has 1 fully saturated rings. The molecule has 2 atom stereocenters. The van der Waals surface area contributed by atoms with Crippen LogP contribution in [-0.4, -0.2) is 28.0 Å². The standard InChI is InChI=1S/C18H21ClN2O2/c1-11-7-6-8-12(2)21(11)18(22)16-13(3)23-20-17(16)14-9-4-5-10-15(14)19/h4-5,9-12H,6-8H2,1-3H3/t11-,12+. The van der Waals surface area contributed by atoms with Gasteiger partial charge in [-0.15, -0.1) is 0 Å². The van der Waals surface area contributed by atoms with E-state index in [9.17, 15) is 4.79 Å². The van der Waals surface area contributed by atoms with E-state index in [0.717, 1.165) is 24.8 Å². The Morgan fingerprint density at radius 1 is 1.26 bits per heavy atom. The molecule has 1 aliphatic heterocycles. The average Bonchev–Trinajstić information content (AvgIpc) is 2.89. The van der Waals surface area contributed by atoms with Gasteiger partial charge in [0.05, 0.1) is 5.02 Å². The lowest BCUT2D eigenvalue weighted by Crippen LogP contribution is -2.47.